The quantitative estimate of drug-likeness (QED) is 0.149. The molecule has 2 atom stereocenters. The van der Waals surface area contributed by atoms with Gasteiger partial charge in [0.05, 0.1) is 17.8 Å². The zero-order valence-corrected chi connectivity index (χ0v) is 23.6. The van der Waals surface area contributed by atoms with Crippen LogP contribution in [0.15, 0.2) is 64.9 Å². The van der Waals surface area contributed by atoms with E-state index in [1.807, 2.05) is 6.92 Å². The van der Waals surface area contributed by atoms with Gasteiger partial charge in [-0.2, -0.15) is 30.0 Å². The number of esters is 1. The van der Waals surface area contributed by atoms with Crippen LogP contribution in [0.3, 0.4) is 0 Å². The van der Waals surface area contributed by atoms with Gasteiger partial charge in [-0.05, 0) is 36.8 Å². The third-order valence-electron chi connectivity index (χ3n) is 5.51. The summed E-state index contributed by atoms with van der Waals surface area (Å²) in [6.45, 7) is 1.55. The van der Waals surface area contributed by atoms with E-state index in [1.165, 1.54) is 19.2 Å². The number of carbonyl (C=O) groups is 2. The van der Waals surface area contributed by atoms with Gasteiger partial charge in [-0.25, -0.2) is 4.79 Å². The summed E-state index contributed by atoms with van der Waals surface area (Å²) in [5.41, 5.74) is 0.679. The van der Waals surface area contributed by atoms with Gasteiger partial charge in [0.15, 0.2) is 11.5 Å². The summed E-state index contributed by atoms with van der Waals surface area (Å²) >= 11 is 0.868. The van der Waals surface area contributed by atoms with E-state index in [1.54, 1.807) is 36.4 Å². The summed E-state index contributed by atoms with van der Waals surface area (Å²) in [7, 11) is -8.61. The van der Waals surface area contributed by atoms with Gasteiger partial charge in [-0.3, -0.25) is 14.2 Å². The molecule has 18 heteroatoms. The van der Waals surface area contributed by atoms with E-state index in [0.29, 0.717) is 11.3 Å². The van der Waals surface area contributed by atoms with E-state index in [9.17, 15) is 39.6 Å². The Hall–Kier alpha value is -3.32. The van der Waals surface area contributed by atoms with Crippen molar-refractivity contribution in [3.63, 3.8) is 0 Å². The fraction of sp³-hybridized carbons (Fsp3) is 0.304. The number of hydrogen-bond donors (Lipinski definition) is 2. The Morgan fingerprint density at radius 1 is 1.10 bits per heavy atom. The van der Waals surface area contributed by atoms with Crippen LogP contribution in [0, 0.1) is 6.92 Å². The molecular weight excluding hydrogens is 617 g/mol. The zero-order chi connectivity index (χ0) is 30.8. The van der Waals surface area contributed by atoms with Crippen molar-refractivity contribution in [2.45, 2.75) is 35.4 Å². The predicted octanol–water partition coefficient (Wildman–Crippen LogP) is 2.30. The fourth-order valence-corrected chi connectivity index (χ4v) is 5.62. The number of nitrogens with zero attached hydrogens (tertiary/aromatic N) is 1. The lowest BCUT2D eigenvalue weighted by atomic mass is 10.1. The molecule has 2 heterocycles. The van der Waals surface area contributed by atoms with Crippen molar-refractivity contribution in [3.05, 3.63) is 71.1 Å². The summed E-state index contributed by atoms with van der Waals surface area (Å²) < 4.78 is 105. The van der Waals surface area contributed by atoms with Crippen molar-refractivity contribution < 1.29 is 57.8 Å². The van der Waals surface area contributed by atoms with E-state index in [0.717, 1.165) is 22.2 Å². The summed E-state index contributed by atoms with van der Waals surface area (Å²) in [6.07, 6.45) is 0. The Kier molecular flexibility index (Phi) is 9.64. The van der Waals surface area contributed by atoms with Crippen molar-refractivity contribution in [1.29, 1.82) is 0 Å². The molecule has 1 amide bonds. The molecule has 2 aromatic rings. The normalized spacial score (nSPS) is 18.9. The van der Waals surface area contributed by atoms with Crippen molar-refractivity contribution >= 4 is 43.9 Å². The Morgan fingerprint density at radius 2 is 1.68 bits per heavy atom. The number of ether oxygens (including phenoxy) is 2. The summed E-state index contributed by atoms with van der Waals surface area (Å²) in [5.74, 6) is -2.72. The molecule has 1 saturated heterocycles. The highest BCUT2D eigenvalue weighted by atomic mass is 32.2. The molecule has 224 valence electrons. The molecule has 2 aliphatic heterocycles. The summed E-state index contributed by atoms with van der Waals surface area (Å²) in [6, 6.07) is 11.4. The van der Waals surface area contributed by atoms with Crippen LogP contribution in [0.4, 0.5) is 13.2 Å². The first-order valence-corrected chi connectivity index (χ1v) is 15.1. The molecule has 1 fully saturated rings. The molecule has 0 saturated carbocycles. The number of fused-ring (bicyclic) bond motifs is 1. The lowest BCUT2D eigenvalue weighted by molar-refractivity contribution is -0.151. The lowest BCUT2D eigenvalue weighted by Gasteiger charge is -2.47. The standard InChI is InChI=1S/C16H15F3N2O7S2.C7H8O3S/c1-26-9-4-2-8(3-5-9)6-27-15(23)12-10(28-30(24,25)16(17,18)19)7-29-14-11(20)13(22)21(12)14;1-6-2-4-7(5-3-6)11(8,9)10/h2-5,11,14H,6-7,20H2,1H3;2-5H,1H3,(H,8,9,10)/t11-,14+;/m1./s1. The van der Waals surface area contributed by atoms with Crippen LogP contribution in [-0.2, 0) is 45.4 Å². The topological polar surface area (TPSA) is 180 Å². The van der Waals surface area contributed by atoms with Gasteiger partial charge in [0.2, 0.25) is 5.91 Å². The molecule has 3 N–H and O–H groups in total. The summed E-state index contributed by atoms with van der Waals surface area (Å²) in [4.78, 5) is 25.4. The van der Waals surface area contributed by atoms with E-state index in [4.69, 9.17) is 19.8 Å². The first kappa shape index (κ1) is 32.2. The van der Waals surface area contributed by atoms with Crippen molar-refractivity contribution in [2.24, 2.45) is 5.73 Å². The second-order valence-corrected chi connectivity index (χ2v) is 12.5. The summed E-state index contributed by atoms with van der Waals surface area (Å²) in [5, 5.41) is -0.748. The maximum Gasteiger partial charge on any atom is 0.534 e. The number of methoxy groups -OCH3 is 1. The maximum absolute atomic E-state index is 12.7. The van der Waals surface area contributed by atoms with E-state index in [2.05, 4.69) is 4.18 Å². The van der Waals surface area contributed by atoms with Crippen LogP contribution >= 0.6 is 11.8 Å². The monoisotopic (exact) mass is 640 g/mol. The van der Waals surface area contributed by atoms with E-state index in [-0.39, 0.29) is 11.5 Å². The molecule has 0 aromatic heterocycles. The van der Waals surface area contributed by atoms with Gasteiger partial charge in [-0.1, -0.05) is 29.8 Å². The van der Waals surface area contributed by atoms with Gasteiger partial charge >= 0.3 is 21.6 Å². The number of hydrogen-bond acceptors (Lipinski definition) is 11. The zero-order valence-electron chi connectivity index (χ0n) is 21.2. The smallest absolute Gasteiger partial charge is 0.497 e. The van der Waals surface area contributed by atoms with E-state index >= 15 is 0 Å². The Morgan fingerprint density at radius 3 is 2.20 bits per heavy atom. The number of amides is 1. The minimum atomic E-state index is -6.05. The molecule has 0 bridgehead atoms. The number of alkyl halides is 3. The first-order chi connectivity index (χ1) is 19.0. The highest BCUT2D eigenvalue weighted by molar-refractivity contribution is 8.00. The molecule has 4 rings (SSSR count). The lowest BCUT2D eigenvalue weighted by Crippen LogP contribution is -2.68. The predicted molar refractivity (Wildman–Crippen MR) is 138 cm³/mol. The fourth-order valence-electron chi connectivity index (χ4n) is 3.37. The number of aryl methyl sites for hydroxylation is 1. The average molecular weight is 641 g/mol. The van der Waals surface area contributed by atoms with Crippen molar-refractivity contribution in [2.75, 3.05) is 12.9 Å². The van der Waals surface area contributed by atoms with Crippen molar-refractivity contribution in [3.8, 4) is 5.75 Å². The number of halogens is 3. The van der Waals surface area contributed by atoms with Crippen LogP contribution in [0.5, 0.6) is 5.75 Å². The molecule has 0 unspecified atom stereocenters. The largest absolute Gasteiger partial charge is 0.534 e. The van der Waals surface area contributed by atoms with Gasteiger partial charge in [0, 0.05) is 0 Å². The van der Waals surface area contributed by atoms with E-state index < -0.39 is 66.2 Å². The van der Waals surface area contributed by atoms with Gasteiger partial charge in [-0.15, -0.1) is 11.8 Å². The van der Waals surface area contributed by atoms with Gasteiger partial charge in [0.25, 0.3) is 10.1 Å². The van der Waals surface area contributed by atoms with Crippen LogP contribution < -0.4 is 10.5 Å². The molecule has 41 heavy (non-hydrogen) atoms. The second-order valence-electron chi connectivity index (χ2n) is 8.40. The third-order valence-corrected chi connectivity index (χ3v) is 8.64. The van der Waals surface area contributed by atoms with Crippen LogP contribution in [0.2, 0.25) is 0 Å². The number of carbonyl (C=O) groups excluding carboxylic acids is 2. The Bertz CT molecular complexity index is 1540. The van der Waals surface area contributed by atoms with Gasteiger partial charge < -0.3 is 19.4 Å². The molecule has 12 nitrogen and oxygen atoms in total. The number of nitrogens with two attached hydrogens (primary N) is 1. The highest BCUT2D eigenvalue weighted by Gasteiger charge is 2.55. The molecule has 0 aliphatic carbocycles. The first-order valence-electron chi connectivity index (χ1n) is 11.2. The molecule has 0 radical (unpaired) electrons. The average Bonchev–Trinajstić information content (AvgIpc) is 2.90. The number of rotatable bonds is 7. The Balaban J connectivity index is 0.000000352. The van der Waals surface area contributed by atoms with Crippen LogP contribution in [0.25, 0.3) is 0 Å². The molecule has 2 aromatic carbocycles. The molecular formula is C23H23F3N2O10S3. The maximum atomic E-state index is 12.7. The molecule has 2 aliphatic rings. The SMILES string of the molecule is COc1ccc(COC(=O)C2=C(OS(=O)(=O)C(F)(F)F)CS[C@H]3[C@H](N)C(=O)N23)cc1.Cc1ccc(S(=O)(=O)O)cc1. The van der Waals surface area contributed by atoms with Crippen LogP contribution in [0.1, 0.15) is 11.1 Å². The number of thioether (sulfide) groups is 1. The second kappa shape index (κ2) is 12.3. The van der Waals surface area contributed by atoms with Crippen molar-refractivity contribution in [1.82, 2.24) is 4.90 Å². The minimum absolute atomic E-state index is 0.0666. The Labute approximate surface area is 237 Å². The van der Waals surface area contributed by atoms with Crippen LogP contribution in [-0.4, -0.2) is 68.0 Å². The third kappa shape index (κ3) is 7.50. The molecule has 0 spiro atoms. The van der Waals surface area contributed by atoms with Gasteiger partial charge in [0.1, 0.15) is 23.8 Å². The highest BCUT2D eigenvalue weighted by Crippen LogP contribution is 2.41. The number of benzene rings is 2. The minimum Gasteiger partial charge on any atom is -0.497 e. The number of β-lactam (4-membered cyclic amide) rings is 1.